The number of likely N-dealkylation sites (N-methyl/N-ethyl adjacent to an activating group) is 1. The summed E-state index contributed by atoms with van der Waals surface area (Å²) in [7, 11) is 3.96. The fourth-order valence-electron chi connectivity index (χ4n) is 2.54. The Kier molecular flexibility index (Phi) is 8.18. The second-order valence-electron chi connectivity index (χ2n) is 6.84. The van der Waals surface area contributed by atoms with Gasteiger partial charge in [-0.15, -0.1) is 11.3 Å². The van der Waals surface area contributed by atoms with Crippen LogP contribution in [0.4, 0.5) is 10.9 Å². The lowest BCUT2D eigenvalue weighted by atomic mass is 10.2. The molecule has 2 heterocycles. The third-order valence-electron chi connectivity index (χ3n) is 4.06. The predicted molar refractivity (Wildman–Crippen MR) is 124 cm³/mol. The topological polar surface area (TPSA) is 79.4 Å². The van der Waals surface area contributed by atoms with Crippen molar-refractivity contribution in [3.63, 3.8) is 0 Å². The van der Waals surface area contributed by atoms with Gasteiger partial charge in [-0.2, -0.15) is 0 Å². The lowest BCUT2D eigenvalue weighted by Gasteiger charge is -2.11. The number of aromatic nitrogens is 2. The van der Waals surface area contributed by atoms with E-state index in [9.17, 15) is 4.79 Å². The number of nitrogens with zero attached hydrogens (tertiary/aromatic N) is 3. The highest BCUT2D eigenvalue weighted by atomic mass is 79.9. The van der Waals surface area contributed by atoms with Gasteiger partial charge in [0.05, 0.1) is 5.69 Å². The fourth-order valence-corrected chi connectivity index (χ4v) is 3.59. The molecule has 9 heteroatoms. The third kappa shape index (κ3) is 7.08. The fraction of sp³-hybridized carbons (Fsp3) is 0.286. The molecule has 158 valence electrons. The highest BCUT2D eigenvalue weighted by molar-refractivity contribution is 9.10. The molecule has 0 bridgehead atoms. The van der Waals surface area contributed by atoms with Crippen LogP contribution in [0.25, 0.3) is 0 Å². The average Bonchev–Trinajstić information content (AvgIpc) is 3.16. The summed E-state index contributed by atoms with van der Waals surface area (Å²) in [5, 5.41) is 8.78. The van der Waals surface area contributed by atoms with Crippen LogP contribution in [-0.2, 0) is 11.2 Å². The number of nitrogens with one attached hydrogen (secondary N) is 2. The number of ether oxygens (including phenoxy) is 1. The number of anilines is 2. The smallest absolute Gasteiger partial charge is 0.220 e. The largest absolute Gasteiger partial charge is 0.453 e. The van der Waals surface area contributed by atoms with Gasteiger partial charge in [-0.25, -0.2) is 9.97 Å². The first-order valence-corrected chi connectivity index (χ1v) is 11.2. The molecule has 2 aromatic heterocycles. The van der Waals surface area contributed by atoms with Gasteiger partial charge in [0.2, 0.25) is 5.91 Å². The molecule has 30 heavy (non-hydrogen) atoms. The molecule has 7 nitrogen and oxygen atoms in total. The van der Waals surface area contributed by atoms with E-state index in [4.69, 9.17) is 4.74 Å². The van der Waals surface area contributed by atoms with E-state index in [0.29, 0.717) is 36.1 Å². The Morgan fingerprint density at radius 3 is 2.83 bits per heavy atom. The van der Waals surface area contributed by atoms with Crippen LogP contribution >= 0.6 is 27.3 Å². The third-order valence-corrected chi connectivity index (χ3v) is 5.30. The van der Waals surface area contributed by atoms with Crippen molar-refractivity contribution in [3.8, 4) is 11.5 Å². The van der Waals surface area contributed by atoms with Crippen LogP contribution in [0.1, 0.15) is 12.1 Å². The van der Waals surface area contributed by atoms with Crippen molar-refractivity contribution >= 4 is 44.1 Å². The number of hydrogen-bond donors (Lipinski definition) is 2. The molecule has 0 unspecified atom stereocenters. The minimum absolute atomic E-state index is 0.0347. The normalized spacial score (nSPS) is 10.8. The summed E-state index contributed by atoms with van der Waals surface area (Å²) in [6.07, 6.45) is 2.70. The van der Waals surface area contributed by atoms with E-state index >= 15 is 0 Å². The van der Waals surface area contributed by atoms with Gasteiger partial charge in [-0.3, -0.25) is 4.79 Å². The minimum Gasteiger partial charge on any atom is -0.453 e. The maximum atomic E-state index is 11.9. The SMILES string of the molecule is CN(C)CCNC(=O)CCc1csc(Nc2ncc(Br)cc2Oc2ccccc2)n1. The van der Waals surface area contributed by atoms with Crippen molar-refractivity contribution in [2.75, 3.05) is 32.5 Å². The Morgan fingerprint density at radius 2 is 2.07 bits per heavy atom. The number of carbonyl (C=O) groups is 1. The van der Waals surface area contributed by atoms with E-state index in [1.807, 2.05) is 60.8 Å². The molecule has 0 spiro atoms. The quantitative estimate of drug-likeness (QED) is 0.437. The highest BCUT2D eigenvalue weighted by Crippen LogP contribution is 2.33. The molecule has 0 fully saturated rings. The number of amides is 1. The number of hydrogen-bond acceptors (Lipinski definition) is 7. The summed E-state index contributed by atoms with van der Waals surface area (Å²) >= 11 is 4.90. The Labute approximate surface area is 188 Å². The predicted octanol–water partition coefficient (Wildman–Crippen LogP) is 4.45. The number of pyridine rings is 1. The molecule has 0 saturated carbocycles. The molecule has 0 aliphatic carbocycles. The van der Waals surface area contributed by atoms with Crippen LogP contribution in [0.15, 0.2) is 52.4 Å². The van der Waals surface area contributed by atoms with Gasteiger partial charge in [0.1, 0.15) is 5.75 Å². The highest BCUT2D eigenvalue weighted by Gasteiger charge is 2.11. The van der Waals surface area contributed by atoms with Gasteiger partial charge in [0.15, 0.2) is 16.7 Å². The first-order valence-electron chi connectivity index (χ1n) is 9.51. The van der Waals surface area contributed by atoms with Gasteiger partial charge in [0.25, 0.3) is 0 Å². The molecule has 0 aliphatic rings. The van der Waals surface area contributed by atoms with Crippen molar-refractivity contribution in [1.82, 2.24) is 20.2 Å². The monoisotopic (exact) mass is 489 g/mol. The Hall–Kier alpha value is -2.49. The second-order valence-corrected chi connectivity index (χ2v) is 8.61. The van der Waals surface area contributed by atoms with Crippen molar-refractivity contribution in [3.05, 3.63) is 58.1 Å². The van der Waals surface area contributed by atoms with Crippen molar-refractivity contribution in [2.45, 2.75) is 12.8 Å². The van der Waals surface area contributed by atoms with Crippen LogP contribution in [0.5, 0.6) is 11.5 Å². The van der Waals surface area contributed by atoms with Gasteiger partial charge in [0, 0.05) is 41.6 Å². The Morgan fingerprint density at radius 1 is 1.27 bits per heavy atom. The van der Waals surface area contributed by atoms with E-state index in [2.05, 4.69) is 36.5 Å². The summed E-state index contributed by atoms with van der Waals surface area (Å²) in [6.45, 7) is 1.47. The molecule has 0 atom stereocenters. The lowest BCUT2D eigenvalue weighted by molar-refractivity contribution is -0.121. The lowest BCUT2D eigenvalue weighted by Crippen LogP contribution is -2.31. The zero-order valence-electron chi connectivity index (χ0n) is 16.9. The van der Waals surface area contributed by atoms with Gasteiger partial charge in [-0.1, -0.05) is 18.2 Å². The number of para-hydroxylation sites is 1. The molecule has 3 aromatic rings. The molecule has 1 amide bonds. The standard InChI is InChI=1S/C21H24BrN5O2S/c1-27(2)11-10-23-19(28)9-8-16-14-30-21(25-16)26-20-18(12-15(22)13-24-20)29-17-6-4-3-5-7-17/h3-7,12-14H,8-11H2,1-2H3,(H,23,28)(H,24,25,26). The number of carbonyl (C=O) groups excluding carboxylic acids is 1. The number of aryl methyl sites for hydroxylation is 1. The van der Waals surface area contributed by atoms with Crippen LogP contribution in [-0.4, -0.2) is 48.0 Å². The molecule has 0 saturated heterocycles. The maximum absolute atomic E-state index is 11.9. The van der Waals surface area contributed by atoms with Crippen LogP contribution in [0.3, 0.4) is 0 Å². The molecule has 1 aromatic carbocycles. The summed E-state index contributed by atoms with van der Waals surface area (Å²) in [5.74, 6) is 1.92. The van der Waals surface area contributed by atoms with Crippen molar-refractivity contribution in [2.24, 2.45) is 0 Å². The number of thiazole rings is 1. The number of halogens is 1. The Balaban J connectivity index is 1.58. The first kappa shape index (κ1) is 22.2. The molecular formula is C21H24BrN5O2S. The minimum atomic E-state index is 0.0347. The zero-order chi connectivity index (χ0) is 21.3. The number of rotatable bonds is 10. The second kappa shape index (κ2) is 11.1. The average molecular weight is 490 g/mol. The van der Waals surface area contributed by atoms with Crippen LogP contribution in [0.2, 0.25) is 0 Å². The summed E-state index contributed by atoms with van der Waals surface area (Å²) in [5.41, 5.74) is 0.868. The van der Waals surface area contributed by atoms with Crippen LogP contribution < -0.4 is 15.4 Å². The first-order chi connectivity index (χ1) is 14.5. The van der Waals surface area contributed by atoms with E-state index < -0.39 is 0 Å². The summed E-state index contributed by atoms with van der Waals surface area (Å²) < 4.78 is 6.79. The van der Waals surface area contributed by atoms with Crippen LogP contribution in [0, 0.1) is 0 Å². The van der Waals surface area contributed by atoms with E-state index in [1.54, 1.807) is 6.20 Å². The molecule has 0 radical (unpaired) electrons. The number of benzene rings is 1. The van der Waals surface area contributed by atoms with Crippen molar-refractivity contribution in [1.29, 1.82) is 0 Å². The summed E-state index contributed by atoms with van der Waals surface area (Å²) in [4.78, 5) is 23.0. The van der Waals surface area contributed by atoms with Crippen molar-refractivity contribution < 1.29 is 9.53 Å². The Bertz CT molecular complexity index is 965. The molecule has 2 N–H and O–H groups in total. The maximum Gasteiger partial charge on any atom is 0.220 e. The van der Waals surface area contributed by atoms with Gasteiger partial charge in [-0.05, 0) is 48.6 Å². The van der Waals surface area contributed by atoms with E-state index in [-0.39, 0.29) is 5.91 Å². The van der Waals surface area contributed by atoms with Gasteiger partial charge >= 0.3 is 0 Å². The van der Waals surface area contributed by atoms with E-state index in [1.165, 1.54) is 11.3 Å². The van der Waals surface area contributed by atoms with Gasteiger partial charge < -0.3 is 20.3 Å². The summed E-state index contributed by atoms with van der Waals surface area (Å²) in [6, 6.07) is 11.4. The molecule has 3 rings (SSSR count). The zero-order valence-corrected chi connectivity index (χ0v) is 19.3. The van der Waals surface area contributed by atoms with E-state index in [0.717, 1.165) is 22.5 Å². The molecular weight excluding hydrogens is 466 g/mol. The molecule has 0 aliphatic heterocycles.